The average molecular weight is 421 g/mol. The Bertz CT molecular complexity index is 959. The third kappa shape index (κ3) is 5.06. The fraction of sp³-hybridized carbons (Fsp3) is 0.333. The summed E-state index contributed by atoms with van der Waals surface area (Å²) in [5.74, 6) is 0.232. The normalized spacial score (nSPS) is 12.3. The van der Waals surface area contributed by atoms with Gasteiger partial charge in [0.25, 0.3) is 0 Å². The van der Waals surface area contributed by atoms with Gasteiger partial charge in [0.05, 0.1) is 22.9 Å². The molecule has 4 nitrogen and oxygen atoms in total. The predicted molar refractivity (Wildman–Crippen MR) is 113 cm³/mol. The molecule has 3 aromatic rings. The molecule has 0 aliphatic rings. The molecule has 0 N–H and O–H groups in total. The van der Waals surface area contributed by atoms with E-state index < -0.39 is 5.25 Å². The molecule has 0 aliphatic carbocycles. The maximum Gasteiger partial charge on any atom is 0.318 e. The monoisotopic (exact) mass is 420 g/mol. The van der Waals surface area contributed by atoms with E-state index in [-0.39, 0.29) is 11.8 Å². The quantitative estimate of drug-likeness (QED) is 0.409. The first kappa shape index (κ1) is 20.7. The van der Waals surface area contributed by atoms with Gasteiger partial charge >= 0.3 is 5.97 Å². The van der Waals surface area contributed by atoms with Gasteiger partial charge in [-0.2, -0.15) is 12.6 Å². The van der Waals surface area contributed by atoms with E-state index >= 15 is 0 Å². The first-order valence-electron chi connectivity index (χ1n) is 9.21. The van der Waals surface area contributed by atoms with E-state index in [1.165, 1.54) is 12.1 Å². The molecule has 0 saturated heterocycles. The van der Waals surface area contributed by atoms with Crippen molar-refractivity contribution in [3.05, 3.63) is 64.7 Å². The SMILES string of the molecule is CCOC(=O)C(S)CCCc1nc2cc(F)ccc2n1Cc1ccc(Cl)cc1. The van der Waals surface area contributed by atoms with Crippen LogP contribution in [0.1, 0.15) is 31.2 Å². The Kier molecular flexibility index (Phi) is 6.97. The van der Waals surface area contributed by atoms with Gasteiger partial charge in [0.1, 0.15) is 11.6 Å². The maximum absolute atomic E-state index is 13.6. The van der Waals surface area contributed by atoms with Crippen molar-refractivity contribution >= 4 is 41.2 Å². The topological polar surface area (TPSA) is 44.1 Å². The number of halogens is 2. The zero-order valence-corrected chi connectivity index (χ0v) is 17.2. The van der Waals surface area contributed by atoms with Gasteiger partial charge in [-0.05, 0) is 49.6 Å². The van der Waals surface area contributed by atoms with Gasteiger partial charge < -0.3 is 9.30 Å². The molecule has 28 heavy (non-hydrogen) atoms. The first-order chi connectivity index (χ1) is 13.5. The highest BCUT2D eigenvalue weighted by Gasteiger charge is 2.16. The lowest BCUT2D eigenvalue weighted by Gasteiger charge is -2.11. The van der Waals surface area contributed by atoms with Crippen LogP contribution in [-0.2, 0) is 22.5 Å². The summed E-state index contributed by atoms with van der Waals surface area (Å²) >= 11 is 10.3. The highest BCUT2D eigenvalue weighted by molar-refractivity contribution is 7.81. The smallest absolute Gasteiger partial charge is 0.318 e. The van der Waals surface area contributed by atoms with Crippen molar-refractivity contribution in [3.8, 4) is 0 Å². The molecule has 1 heterocycles. The van der Waals surface area contributed by atoms with Crippen molar-refractivity contribution in [2.75, 3.05) is 6.61 Å². The molecule has 0 saturated carbocycles. The number of hydrogen-bond acceptors (Lipinski definition) is 4. The number of fused-ring (bicyclic) bond motifs is 1. The lowest BCUT2D eigenvalue weighted by molar-refractivity contribution is -0.142. The molecule has 1 atom stereocenters. The Labute approximate surface area is 174 Å². The molecule has 3 rings (SSSR count). The summed E-state index contributed by atoms with van der Waals surface area (Å²) in [5, 5.41) is 0.229. The van der Waals surface area contributed by atoms with E-state index in [0.29, 0.717) is 36.5 Å². The van der Waals surface area contributed by atoms with Crippen LogP contribution < -0.4 is 0 Å². The molecule has 0 bridgehead atoms. The van der Waals surface area contributed by atoms with Crippen LogP contribution in [0, 0.1) is 5.82 Å². The van der Waals surface area contributed by atoms with E-state index in [4.69, 9.17) is 16.3 Å². The number of esters is 1. The van der Waals surface area contributed by atoms with Crippen molar-refractivity contribution in [2.24, 2.45) is 0 Å². The second kappa shape index (κ2) is 9.43. The van der Waals surface area contributed by atoms with E-state index in [9.17, 15) is 9.18 Å². The molecule has 1 unspecified atom stereocenters. The van der Waals surface area contributed by atoms with Crippen molar-refractivity contribution in [1.82, 2.24) is 9.55 Å². The number of carbonyl (C=O) groups is 1. The van der Waals surface area contributed by atoms with E-state index in [0.717, 1.165) is 23.3 Å². The number of thiol groups is 1. The number of nitrogens with zero attached hydrogens (tertiary/aromatic N) is 2. The van der Waals surface area contributed by atoms with E-state index in [1.54, 1.807) is 13.0 Å². The summed E-state index contributed by atoms with van der Waals surface area (Å²) in [4.78, 5) is 16.3. The van der Waals surface area contributed by atoms with Gasteiger partial charge in [0.15, 0.2) is 0 Å². The number of benzene rings is 2. The van der Waals surface area contributed by atoms with Crippen LogP contribution in [0.5, 0.6) is 0 Å². The molecule has 1 aromatic heterocycles. The van der Waals surface area contributed by atoms with Gasteiger partial charge in [-0.3, -0.25) is 4.79 Å². The van der Waals surface area contributed by atoms with Gasteiger partial charge in [-0.25, -0.2) is 9.37 Å². The number of hydrogen-bond donors (Lipinski definition) is 1. The van der Waals surface area contributed by atoms with Crippen molar-refractivity contribution < 1.29 is 13.9 Å². The summed E-state index contributed by atoms with van der Waals surface area (Å²) in [6.07, 6.45) is 1.96. The molecule has 2 aromatic carbocycles. The summed E-state index contributed by atoms with van der Waals surface area (Å²) in [7, 11) is 0. The zero-order chi connectivity index (χ0) is 20.1. The van der Waals surface area contributed by atoms with Crippen LogP contribution in [0.2, 0.25) is 5.02 Å². The summed E-state index contributed by atoms with van der Waals surface area (Å²) in [6, 6.07) is 12.3. The molecule has 0 amide bonds. The van der Waals surface area contributed by atoms with Crippen LogP contribution >= 0.6 is 24.2 Å². The standard InChI is InChI=1S/C21H22ClFN2O2S/c1-2-27-21(26)19(28)4-3-5-20-24-17-12-16(23)10-11-18(17)25(20)13-14-6-8-15(22)9-7-14/h6-12,19,28H,2-5,13H2,1H3. The minimum absolute atomic E-state index is 0.303. The van der Waals surface area contributed by atoms with Crippen molar-refractivity contribution in [2.45, 2.75) is 38.0 Å². The minimum Gasteiger partial charge on any atom is -0.465 e. The van der Waals surface area contributed by atoms with Crippen molar-refractivity contribution in [1.29, 1.82) is 0 Å². The molecular weight excluding hydrogens is 399 g/mol. The van der Waals surface area contributed by atoms with Gasteiger partial charge in [0, 0.05) is 24.1 Å². The molecule has 0 aliphatic heterocycles. The fourth-order valence-corrected chi connectivity index (χ4v) is 3.49. The highest BCUT2D eigenvalue weighted by atomic mass is 35.5. The summed E-state index contributed by atoms with van der Waals surface area (Å²) in [5.41, 5.74) is 2.57. The summed E-state index contributed by atoms with van der Waals surface area (Å²) in [6.45, 7) is 2.73. The average Bonchev–Trinajstić information content (AvgIpc) is 3.00. The Morgan fingerprint density at radius 1 is 1.29 bits per heavy atom. The number of aryl methyl sites for hydroxylation is 1. The number of carbonyl (C=O) groups excluding carboxylic acids is 1. The number of rotatable bonds is 8. The highest BCUT2D eigenvalue weighted by Crippen LogP contribution is 2.22. The summed E-state index contributed by atoms with van der Waals surface area (Å²) < 4.78 is 20.7. The van der Waals surface area contributed by atoms with Crippen LogP contribution in [0.15, 0.2) is 42.5 Å². The third-order valence-electron chi connectivity index (χ3n) is 4.48. The Morgan fingerprint density at radius 2 is 2.04 bits per heavy atom. The Balaban J connectivity index is 1.80. The Morgan fingerprint density at radius 3 is 2.75 bits per heavy atom. The van der Waals surface area contributed by atoms with Crippen molar-refractivity contribution in [3.63, 3.8) is 0 Å². The van der Waals surface area contributed by atoms with Crippen LogP contribution in [0.25, 0.3) is 11.0 Å². The van der Waals surface area contributed by atoms with Gasteiger partial charge in [0.2, 0.25) is 0 Å². The third-order valence-corrected chi connectivity index (χ3v) is 5.20. The molecule has 7 heteroatoms. The number of imidazole rings is 1. The molecule has 0 radical (unpaired) electrons. The molecule has 0 spiro atoms. The fourth-order valence-electron chi connectivity index (χ4n) is 3.10. The van der Waals surface area contributed by atoms with Gasteiger partial charge in [-0.1, -0.05) is 23.7 Å². The number of aromatic nitrogens is 2. The molecular formula is C21H22ClFN2O2S. The van der Waals surface area contributed by atoms with Crippen LogP contribution in [-0.4, -0.2) is 27.4 Å². The van der Waals surface area contributed by atoms with E-state index in [1.807, 2.05) is 24.3 Å². The predicted octanol–water partition coefficient (Wildman–Crippen LogP) is 5.06. The van der Waals surface area contributed by atoms with Gasteiger partial charge in [-0.15, -0.1) is 0 Å². The minimum atomic E-state index is -0.452. The lowest BCUT2D eigenvalue weighted by atomic mass is 10.1. The molecule has 148 valence electrons. The first-order valence-corrected chi connectivity index (χ1v) is 10.1. The maximum atomic E-state index is 13.6. The van der Waals surface area contributed by atoms with Crippen LogP contribution in [0.3, 0.4) is 0 Å². The number of ether oxygens (including phenoxy) is 1. The largest absolute Gasteiger partial charge is 0.465 e. The zero-order valence-electron chi connectivity index (χ0n) is 15.6. The Hall–Kier alpha value is -2.05. The molecule has 0 fully saturated rings. The second-order valence-corrected chi connectivity index (χ2v) is 7.59. The second-order valence-electron chi connectivity index (χ2n) is 6.53. The lowest BCUT2D eigenvalue weighted by Crippen LogP contribution is -2.18. The van der Waals surface area contributed by atoms with Crippen LogP contribution in [0.4, 0.5) is 4.39 Å². The van der Waals surface area contributed by atoms with E-state index in [2.05, 4.69) is 22.2 Å².